The van der Waals surface area contributed by atoms with Crippen LogP contribution in [0.1, 0.15) is 22.0 Å². The first-order valence-corrected chi connectivity index (χ1v) is 9.05. The van der Waals surface area contributed by atoms with Crippen LogP contribution in [0.3, 0.4) is 0 Å². The van der Waals surface area contributed by atoms with Gasteiger partial charge in [-0.3, -0.25) is 14.9 Å². The van der Waals surface area contributed by atoms with E-state index in [1.807, 2.05) is 5.32 Å². The average molecular weight is 475 g/mol. The van der Waals surface area contributed by atoms with Crippen molar-refractivity contribution >= 4 is 17.5 Å². The molecule has 2 amide bonds. The lowest BCUT2D eigenvalue weighted by atomic mass is 9.77. The summed E-state index contributed by atoms with van der Waals surface area (Å²) in [5, 5.41) is 24.9. The van der Waals surface area contributed by atoms with Crippen LogP contribution in [-0.4, -0.2) is 40.4 Å². The number of amides is 2. The lowest BCUT2D eigenvalue weighted by molar-refractivity contribution is -0.385. The summed E-state index contributed by atoms with van der Waals surface area (Å²) in [5.74, 6) is -4.75. The molecule has 176 valence electrons. The van der Waals surface area contributed by atoms with Crippen molar-refractivity contribution in [3.8, 4) is 5.75 Å². The van der Waals surface area contributed by atoms with E-state index in [2.05, 4.69) is 4.74 Å². The fourth-order valence-electron chi connectivity index (χ4n) is 3.48. The largest absolute Gasteiger partial charge is 0.437 e. The van der Waals surface area contributed by atoms with Crippen molar-refractivity contribution in [3.63, 3.8) is 0 Å². The molecule has 33 heavy (non-hydrogen) atoms. The van der Waals surface area contributed by atoms with Gasteiger partial charge in [-0.2, -0.15) is 22.0 Å². The third-order valence-electron chi connectivity index (χ3n) is 4.90. The Morgan fingerprint density at radius 2 is 1.82 bits per heavy atom. The molecule has 0 bridgehead atoms. The number of carbonyl (C=O) groups excluding carboxylic acids is 2. The van der Waals surface area contributed by atoms with Gasteiger partial charge in [0.25, 0.3) is 5.69 Å². The van der Waals surface area contributed by atoms with E-state index in [9.17, 15) is 46.8 Å². The number of aliphatic hydroxyl groups is 1. The molecule has 0 saturated carbocycles. The number of Topliss-reactive ketones (excluding diaryl/α,β-unsaturated/α-hetero) is 1. The van der Waals surface area contributed by atoms with E-state index >= 15 is 0 Å². The number of nitro groups is 1. The Kier molecular flexibility index (Phi) is 6.22. The van der Waals surface area contributed by atoms with Gasteiger partial charge in [0.05, 0.1) is 11.0 Å². The van der Waals surface area contributed by atoms with E-state index in [1.54, 1.807) is 0 Å². The van der Waals surface area contributed by atoms with Gasteiger partial charge in [-0.15, -0.1) is 0 Å². The molecule has 0 spiro atoms. The van der Waals surface area contributed by atoms with E-state index in [1.165, 1.54) is 23.5 Å². The number of benzene rings is 2. The molecule has 3 atom stereocenters. The highest BCUT2D eigenvalue weighted by atomic mass is 19.4. The summed E-state index contributed by atoms with van der Waals surface area (Å²) in [7, 11) is 0. The molecule has 1 aliphatic rings. The smallest absolute Gasteiger partial charge is 0.434 e. The molecule has 3 rings (SSSR count). The topological polar surface area (TPSA) is 131 Å². The summed E-state index contributed by atoms with van der Waals surface area (Å²) in [6.45, 7) is -3.49. The highest BCUT2D eigenvalue weighted by Crippen LogP contribution is 2.46. The minimum absolute atomic E-state index is 0.310. The number of rotatable bonds is 6. The van der Waals surface area contributed by atoms with Crippen LogP contribution in [0.25, 0.3) is 0 Å². The van der Waals surface area contributed by atoms with Crippen LogP contribution >= 0.6 is 0 Å². The number of non-ortho nitro benzene ring substituents is 1. The monoisotopic (exact) mass is 475 g/mol. The molecule has 1 heterocycles. The number of nitro benzene ring substituents is 1. The highest BCUT2D eigenvalue weighted by molar-refractivity contribution is 6.00. The van der Waals surface area contributed by atoms with Crippen molar-refractivity contribution in [3.05, 3.63) is 69.8 Å². The molecule has 0 unspecified atom stereocenters. The van der Waals surface area contributed by atoms with E-state index in [0.29, 0.717) is 12.1 Å². The van der Waals surface area contributed by atoms with Crippen LogP contribution in [0.4, 0.5) is 32.4 Å². The van der Waals surface area contributed by atoms with Gasteiger partial charge >= 0.3 is 18.8 Å². The molecule has 0 radical (unpaired) electrons. The Bertz CT molecular complexity index is 1080. The number of nitrogens with one attached hydrogen (secondary N) is 2. The van der Waals surface area contributed by atoms with Gasteiger partial charge in [-0.25, -0.2) is 4.79 Å². The normalized spacial score (nSPS) is 22.9. The maximum atomic E-state index is 13.9. The van der Waals surface area contributed by atoms with Crippen LogP contribution in [0.15, 0.2) is 48.5 Å². The second kappa shape index (κ2) is 8.61. The van der Waals surface area contributed by atoms with E-state index in [4.69, 9.17) is 0 Å². The number of halogens is 5. The average Bonchev–Trinajstić information content (AvgIpc) is 2.72. The Morgan fingerprint density at radius 3 is 2.36 bits per heavy atom. The number of ether oxygens (including phenoxy) is 1. The molecule has 3 N–H and O–H groups in total. The SMILES string of the molecule is O=C1N[C@H](c2cc([N+](=O)[O-])ccc2OC(F)F)[C@H](C(=O)c2ccccc2)[C@@](O)(C(F)(F)F)N1. The Balaban J connectivity index is 2.27. The van der Waals surface area contributed by atoms with Crippen LogP contribution in [0.2, 0.25) is 0 Å². The number of hydrogen-bond donors (Lipinski definition) is 3. The summed E-state index contributed by atoms with van der Waals surface area (Å²) < 4.78 is 71.9. The van der Waals surface area contributed by atoms with Crippen LogP contribution in [-0.2, 0) is 0 Å². The number of nitrogens with zero attached hydrogens (tertiary/aromatic N) is 1. The van der Waals surface area contributed by atoms with Gasteiger partial charge in [0.1, 0.15) is 11.7 Å². The molecule has 9 nitrogen and oxygen atoms in total. The van der Waals surface area contributed by atoms with Gasteiger partial charge in [-0.1, -0.05) is 30.3 Å². The van der Waals surface area contributed by atoms with Crippen LogP contribution in [0, 0.1) is 16.0 Å². The van der Waals surface area contributed by atoms with Crippen molar-refractivity contribution in [2.45, 2.75) is 24.6 Å². The summed E-state index contributed by atoms with van der Waals surface area (Å²) in [4.78, 5) is 35.4. The fraction of sp³-hybridized carbons (Fsp3) is 0.263. The number of hydrogen-bond acceptors (Lipinski definition) is 6. The molecule has 0 aliphatic carbocycles. The van der Waals surface area contributed by atoms with E-state index in [0.717, 1.165) is 18.2 Å². The second-order valence-electron chi connectivity index (χ2n) is 6.91. The molecule has 2 aromatic rings. The first-order valence-electron chi connectivity index (χ1n) is 9.05. The third-order valence-corrected chi connectivity index (χ3v) is 4.90. The number of alkyl halides is 5. The maximum Gasteiger partial charge on any atom is 0.437 e. The van der Waals surface area contributed by atoms with Gasteiger partial charge in [-0.05, 0) is 6.07 Å². The molecule has 14 heteroatoms. The van der Waals surface area contributed by atoms with Gasteiger partial charge < -0.3 is 20.5 Å². The number of ketones is 1. The summed E-state index contributed by atoms with van der Waals surface area (Å²) in [6.07, 6.45) is -5.61. The molecule has 2 aromatic carbocycles. The lowest BCUT2D eigenvalue weighted by Gasteiger charge is -2.45. The zero-order valence-corrected chi connectivity index (χ0v) is 16.2. The van der Waals surface area contributed by atoms with Crippen LogP contribution < -0.4 is 15.4 Å². The standard InChI is InChI=1S/C19H14F5N3O6/c20-16(21)33-12-7-6-10(27(31)32)8-11(12)14-13(15(28)9-4-2-1-3-5-9)18(30,19(22,23)24)26-17(29)25-14/h1-8,13-14,16,30H,(H2,25,26,29)/t13-,14-,18-/m1/s1. The first-order chi connectivity index (χ1) is 15.3. The Hall–Kier alpha value is -3.81. The van der Waals surface area contributed by atoms with Crippen molar-refractivity contribution in [2.75, 3.05) is 0 Å². The van der Waals surface area contributed by atoms with E-state index in [-0.39, 0.29) is 5.56 Å². The fourth-order valence-corrected chi connectivity index (χ4v) is 3.48. The Labute approximate surface area is 181 Å². The molecule has 1 aliphatic heterocycles. The molecular formula is C19H14F5N3O6. The highest BCUT2D eigenvalue weighted by Gasteiger charge is 2.66. The number of urea groups is 1. The maximum absolute atomic E-state index is 13.9. The van der Waals surface area contributed by atoms with Gasteiger partial charge in [0.15, 0.2) is 5.78 Å². The van der Waals surface area contributed by atoms with Crippen LogP contribution in [0.5, 0.6) is 5.75 Å². The quantitative estimate of drug-likeness (QED) is 0.254. The summed E-state index contributed by atoms with van der Waals surface area (Å²) in [5.41, 5.74) is -5.95. The lowest BCUT2D eigenvalue weighted by Crippen LogP contribution is -2.72. The summed E-state index contributed by atoms with van der Waals surface area (Å²) >= 11 is 0. The van der Waals surface area contributed by atoms with Crippen molar-refractivity contribution in [2.24, 2.45) is 5.92 Å². The van der Waals surface area contributed by atoms with Crippen molar-refractivity contribution < 1.29 is 46.3 Å². The number of carbonyl (C=O) groups is 2. The zero-order valence-electron chi connectivity index (χ0n) is 16.2. The third kappa shape index (κ3) is 4.55. The zero-order chi connectivity index (χ0) is 24.6. The molecule has 0 aromatic heterocycles. The predicted molar refractivity (Wildman–Crippen MR) is 99.4 cm³/mol. The van der Waals surface area contributed by atoms with E-state index < -0.39 is 64.2 Å². The van der Waals surface area contributed by atoms with Crippen molar-refractivity contribution in [1.29, 1.82) is 0 Å². The Morgan fingerprint density at radius 1 is 1.18 bits per heavy atom. The molecule has 1 saturated heterocycles. The van der Waals surface area contributed by atoms with Gasteiger partial charge in [0.2, 0.25) is 5.72 Å². The molecule has 1 fully saturated rings. The molecular weight excluding hydrogens is 461 g/mol. The first kappa shape index (κ1) is 23.8. The van der Waals surface area contributed by atoms with Gasteiger partial charge in [0, 0.05) is 23.3 Å². The van der Waals surface area contributed by atoms with Crippen molar-refractivity contribution in [1.82, 2.24) is 10.6 Å². The predicted octanol–water partition coefficient (Wildman–Crippen LogP) is 3.30. The minimum Gasteiger partial charge on any atom is -0.434 e. The summed E-state index contributed by atoms with van der Waals surface area (Å²) in [6, 6.07) is 4.63. The second-order valence-corrected chi connectivity index (χ2v) is 6.91. The minimum atomic E-state index is -5.61.